The van der Waals surface area contributed by atoms with Crippen LogP contribution < -0.4 is 5.32 Å². The van der Waals surface area contributed by atoms with Gasteiger partial charge in [0.05, 0.1) is 10.3 Å². The minimum Gasteiger partial charge on any atom is -0.351 e. The fraction of sp³-hybridized carbons (Fsp3) is 0.435. The summed E-state index contributed by atoms with van der Waals surface area (Å²) < 4.78 is 40.1. The lowest BCUT2D eigenvalue weighted by Crippen LogP contribution is -2.42. The predicted molar refractivity (Wildman–Crippen MR) is 113 cm³/mol. The lowest BCUT2D eigenvalue weighted by molar-refractivity contribution is -0.126. The molecule has 1 amide bonds. The Morgan fingerprint density at radius 2 is 1.53 bits per heavy atom. The van der Waals surface area contributed by atoms with Gasteiger partial charge in [0.15, 0.2) is 0 Å². The summed E-state index contributed by atoms with van der Waals surface area (Å²) in [6.07, 6.45) is 5.23. The second-order valence-electron chi connectivity index (χ2n) is 8.23. The van der Waals surface area contributed by atoms with E-state index in [0.717, 1.165) is 49.7 Å². The Morgan fingerprint density at radius 1 is 0.933 bits per heavy atom. The summed E-state index contributed by atoms with van der Waals surface area (Å²) in [7, 11) is -3.43. The van der Waals surface area contributed by atoms with Gasteiger partial charge in [-0.25, -0.2) is 12.8 Å². The number of halogens is 1. The highest BCUT2D eigenvalue weighted by molar-refractivity contribution is 7.89. The van der Waals surface area contributed by atoms with Crippen molar-refractivity contribution < 1.29 is 17.6 Å². The Labute approximate surface area is 177 Å². The molecule has 160 valence electrons. The van der Waals surface area contributed by atoms with Crippen molar-refractivity contribution in [1.29, 1.82) is 0 Å². The van der Waals surface area contributed by atoms with E-state index in [2.05, 4.69) is 5.32 Å². The van der Waals surface area contributed by atoms with E-state index in [-0.39, 0.29) is 16.6 Å². The highest BCUT2D eigenvalue weighted by atomic mass is 32.2. The molecule has 1 aliphatic carbocycles. The first-order chi connectivity index (χ1) is 14.4. The Hall–Kier alpha value is -2.25. The minimum atomic E-state index is -3.43. The number of hydrogen-bond donors (Lipinski definition) is 1. The van der Waals surface area contributed by atoms with Crippen molar-refractivity contribution in [2.45, 2.75) is 55.4 Å². The first-order valence-corrected chi connectivity index (χ1v) is 12.0. The molecule has 0 radical (unpaired) electrons. The quantitative estimate of drug-likeness (QED) is 0.759. The van der Waals surface area contributed by atoms with E-state index in [1.165, 1.54) is 16.4 Å². The first kappa shape index (κ1) is 21.0. The Bertz CT molecular complexity index is 992. The molecule has 1 N–H and O–H groups in total. The fourth-order valence-electron chi connectivity index (χ4n) is 4.60. The zero-order valence-electron chi connectivity index (χ0n) is 16.9. The van der Waals surface area contributed by atoms with Crippen molar-refractivity contribution in [1.82, 2.24) is 9.62 Å². The maximum atomic E-state index is 13.3. The van der Waals surface area contributed by atoms with Crippen molar-refractivity contribution in [2.24, 2.45) is 0 Å². The van der Waals surface area contributed by atoms with Crippen LogP contribution in [0.1, 0.15) is 49.7 Å². The summed E-state index contributed by atoms with van der Waals surface area (Å²) in [5, 5.41) is 3.02. The number of nitrogens with zero attached hydrogens (tertiary/aromatic N) is 1. The lowest BCUT2D eigenvalue weighted by Gasteiger charge is -2.28. The van der Waals surface area contributed by atoms with Crippen LogP contribution in [0.2, 0.25) is 0 Å². The second kappa shape index (κ2) is 8.47. The molecule has 2 aromatic carbocycles. The lowest BCUT2D eigenvalue weighted by atomic mass is 9.78. The third kappa shape index (κ3) is 4.01. The molecule has 1 saturated heterocycles. The molecular formula is C23H27FN2O3S. The predicted octanol–water partition coefficient (Wildman–Crippen LogP) is 3.74. The van der Waals surface area contributed by atoms with Gasteiger partial charge in [-0.3, -0.25) is 4.79 Å². The number of hydrogen-bond acceptors (Lipinski definition) is 3. The Morgan fingerprint density at radius 3 is 2.13 bits per heavy atom. The van der Waals surface area contributed by atoms with Gasteiger partial charge in [0.25, 0.3) is 0 Å². The van der Waals surface area contributed by atoms with Crippen molar-refractivity contribution in [3.63, 3.8) is 0 Å². The minimum absolute atomic E-state index is 0.0552. The van der Waals surface area contributed by atoms with Gasteiger partial charge in [-0.2, -0.15) is 4.31 Å². The average Bonchev–Trinajstić information content (AvgIpc) is 3.46. The van der Waals surface area contributed by atoms with Crippen LogP contribution in [-0.2, 0) is 26.8 Å². The third-order valence-electron chi connectivity index (χ3n) is 6.37. The number of sulfonamides is 1. The molecule has 2 fully saturated rings. The standard InChI is InChI=1S/C23H27FN2O3S/c24-20-9-7-19(8-10-20)23(13-1-2-14-23)22(27)25-17-18-5-11-21(12-6-18)30(28,29)26-15-3-4-16-26/h5-12H,1-4,13-17H2,(H,25,27). The van der Waals surface area contributed by atoms with E-state index < -0.39 is 15.4 Å². The zero-order chi connectivity index (χ0) is 21.2. The van der Waals surface area contributed by atoms with E-state index >= 15 is 0 Å². The molecule has 1 heterocycles. The topological polar surface area (TPSA) is 66.5 Å². The van der Waals surface area contributed by atoms with Crippen molar-refractivity contribution >= 4 is 15.9 Å². The van der Waals surface area contributed by atoms with Gasteiger partial charge < -0.3 is 5.32 Å². The maximum absolute atomic E-state index is 13.3. The zero-order valence-corrected chi connectivity index (χ0v) is 17.8. The van der Waals surface area contributed by atoms with Crippen LogP contribution in [0.15, 0.2) is 53.4 Å². The molecule has 5 nitrogen and oxygen atoms in total. The van der Waals surface area contributed by atoms with Gasteiger partial charge in [-0.15, -0.1) is 0 Å². The SMILES string of the molecule is O=C(NCc1ccc(S(=O)(=O)N2CCCC2)cc1)C1(c2ccc(F)cc2)CCCC1. The maximum Gasteiger partial charge on any atom is 0.243 e. The normalized spacial score (nSPS) is 19.1. The Balaban J connectivity index is 1.44. The van der Waals surface area contributed by atoms with Crippen LogP contribution in [0.3, 0.4) is 0 Å². The molecule has 4 rings (SSSR count). The number of carbonyl (C=O) groups is 1. The van der Waals surface area contributed by atoms with E-state index in [4.69, 9.17) is 0 Å². The van der Waals surface area contributed by atoms with Gasteiger partial charge >= 0.3 is 0 Å². The number of benzene rings is 2. The van der Waals surface area contributed by atoms with Crippen molar-refractivity contribution in [3.8, 4) is 0 Å². The molecule has 0 spiro atoms. The van der Waals surface area contributed by atoms with E-state index in [1.54, 1.807) is 36.4 Å². The number of amides is 1. The molecular weight excluding hydrogens is 403 g/mol. The number of nitrogens with one attached hydrogen (secondary N) is 1. The molecule has 0 aromatic heterocycles. The molecule has 1 saturated carbocycles. The van der Waals surface area contributed by atoms with Gasteiger partial charge in [0.2, 0.25) is 15.9 Å². The van der Waals surface area contributed by atoms with Crippen LogP contribution in [0.25, 0.3) is 0 Å². The van der Waals surface area contributed by atoms with Gasteiger partial charge in [-0.1, -0.05) is 37.1 Å². The van der Waals surface area contributed by atoms with Gasteiger partial charge in [-0.05, 0) is 61.1 Å². The third-order valence-corrected chi connectivity index (χ3v) is 8.28. The summed E-state index contributed by atoms with van der Waals surface area (Å²) in [6.45, 7) is 1.48. The summed E-state index contributed by atoms with van der Waals surface area (Å²) in [6, 6.07) is 13.0. The number of rotatable bonds is 6. The van der Waals surface area contributed by atoms with Crippen molar-refractivity contribution in [2.75, 3.05) is 13.1 Å². The van der Waals surface area contributed by atoms with Crippen LogP contribution in [0, 0.1) is 5.82 Å². The summed E-state index contributed by atoms with van der Waals surface area (Å²) in [5.74, 6) is -0.364. The first-order valence-electron chi connectivity index (χ1n) is 10.6. The van der Waals surface area contributed by atoms with Gasteiger partial charge in [0.1, 0.15) is 5.82 Å². The van der Waals surface area contributed by atoms with E-state index in [0.29, 0.717) is 19.6 Å². The van der Waals surface area contributed by atoms with Crippen LogP contribution in [-0.4, -0.2) is 31.7 Å². The van der Waals surface area contributed by atoms with Gasteiger partial charge in [0, 0.05) is 19.6 Å². The summed E-state index contributed by atoms with van der Waals surface area (Å²) in [5.41, 5.74) is 1.08. The largest absolute Gasteiger partial charge is 0.351 e. The average molecular weight is 431 g/mol. The summed E-state index contributed by atoms with van der Waals surface area (Å²) in [4.78, 5) is 13.4. The second-order valence-corrected chi connectivity index (χ2v) is 10.2. The molecule has 30 heavy (non-hydrogen) atoms. The summed E-state index contributed by atoms with van der Waals surface area (Å²) >= 11 is 0. The highest BCUT2D eigenvalue weighted by Crippen LogP contribution is 2.41. The van der Waals surface area contributed by atoms with E-state index in [1.807, 2.05) is 0 Å². The molecule has 2 aromatic rings. The van der Waals surface area contributed by atoms with Crippen LogP contribution in [0.5, 0.6) is 0 Å². The molecule has 0 unspecified atom stereocenters. The fourth-order valence-corrected chi connectivity index (χ4v) is 6.12. The monoisotopic (exact) mass is 430 g/mol. The van der Waals surface area contributed by atoms with E-state index in [9.17, 15) is 17.6 Å². The molecule has 1 aliphatic heterocycles. The highest BCUT2D eigenvalue weighted by Gasteiger charge is 2.42. The van der Waals surface area contributed by atoms with Crippen molar-refractivity contribution in [3.05, 3.63) is 65.5 Å². The Kier molecular flexibility index (Phi) is 5.93. The molecule has 7 heteroatoms. The smallest absolute Gasteiger partial charge is 0.243 e. The number of carbonyl (C=O) groups excluding carboxylic acids is 1. The van der Waals surface area contributed by atoms with Crippen LogP contribution in [0.4, 0.5) is 4.39 Å². The molecule has 0 bridgehead atoms. The molecule has 0 atom stereocenters. The van der Waals surface area contributed by atoms with Crippen LogP contribution >= 0.6 is 0 Å². The molecule has 2 aliphatic rings.